The van der Waals surface area contributed by atoms with Gasteiger partial charge in [-0.15, -0.1) is 0 Å². The summed E-state index contributed by atoms with van der Waals surface area (Å²) in [6.07, 6.45) is -0.346. The van der Waals surface area contributed by atoms with E-state index in [9.17, 15) is 14.4 Å². The van der Waals surface area contributed by atoms with Crippen LogP contribution in [0.25, 0.3) is 0 Å². The number of anilines is 2. The molecule has 0 fully saturated rings. The number of benzene rings is 1. The van der Waals surface area contributed by atoms with Crippen LogP contribution in [-0.4, -0.2) is 30.1 Å². The quantitative estimate of drug-likeness (QED) is 0.791. The lowest BCUT2D eigenvalue weighted by molar-refractivity contribution is -0.116. The molecule has 7 heteroatoms. The standard InChI is InChI=1S/C15H19N3O4/c1-15(2,3)22-14(21)16-8-13(20)17-10-4-5-11-9(6-10)7-12(19)18-11/h4-6H,7-8H2,1-3H3,(H,16,21)(H,17,20)(H,18,19). The van der Waals surface area contributed by atoms with E-state index < -0.39 is 11.7 Å². The highest BCUT2D eigenvalue weighted by molar-refractivity contribution is 6.00. The lowest BCUT2D eigenvalue weighted by atomic mass is 10.1. The summed E-state index contributed by atoms with van der Waals surface area (Å²) in [5.74, 6) is -0.437. The van der Waals surface area contributed by atoms with Gasteiger partial charge in [-0.3, -0.25) is 9.59 Å². The second-order valence-electron chi connectivity index (χ2n) is 6.00. The Labute approximate surface area is 128 Å². The van der Waals surface area contributed by atoms with E-state index in [0.717, 1.165) is 11.3 Å². The van der Waals surface area contributed by atoms with Crippen molar-refractivity contribution in [1.82, 2.24) is 5.32 Å². The van der Waals surface area contributed by atoms with Crippen LogP contribution in [0.2, 0.25) is 0 Å². The van der Waals surface area contributed by atoms with E-state index in [-0.39, 0.29) is 18.4 Å². The van der Waals surface area contributed by atoms with Gasteiger partial charge in [0, 0.05) is 11.4 Å². The van der Waals surface area contributed by atoms with Gasteiger partial charge in [0.2, 0.25) is 11.8 Å². The molecule has 1 aromatic carbocycles. The molecule has 0 unspecified atom stereocenters. The van der Waals surface area contributed by atoms with E-state index in [4.69, 9.17) is 4.74 Å². The summed E-state index contributed by atoms with van der Waals surface area (Å²) in [6.45, 7) is 5.04. The Morgan fingerprint density at radius 3 is 2.73 bits per heavy atom. The third-order valence-corrected chi connectivity index (χ3v) is 2.81. The maximum Gasteiger partial charge on any atom is 0.408 e. The van der Waals surface area contributed by atoms with Gasteiger partial charge < -0.3 is 20.7 Å². The van der Waals surface area contributed by atoms with Gasteiger partial charge in [-0.2, -0.15) is 0 Å². The van der Waals surface area contributed by atoms with Crippen LogP contribution in [0.1, 0.15) is 26.3 Å². The Morgan fingerprint density at radius 2 is 2.05 bits per heavy atom. The van der Waals surface area contributed by atoms with E-state index in [2.05, 4.69) is 16.0 Å². The molecule has 1 aliphatic rings. The number of hydrogen-bond donors (Lipinski definition) is 3. The Kier molecular flexibility index (Phi) is 4.35. The number of hydrogen-bond acceptors (Lipinski definition) is 4. The highest BCUT2D eigenvalue weighted by atomic mass is 16.6. The first-order chi connectivity index (χ1) is 10.2. The summed E-state index contributed by atoms with van der Waals surface area (Å²) < 4.78 is 5.03. The fraction of sp³-hybridized carbons (Fsp3) is 0.400. The molecule has 7 nitrogen and oxygen atoms in total. The molecule has 3 amide bonds. The molecule has 22 heavy (non-hydrogen) atoms. The molecular weight excluding hydrogens is 286 g/mol. The van der Waals surface area contributed by atoms with Gasteiger partial charge in [-0.1, -0.05) is 0 Å². The first-order valence-corrected chi connectivity index (χ1v) is 6.92. The highest BCUT2D eigenvalue weighted by Crippen LogP contribution is 2.25. The van der Waals surface area contributed by atoms with Gasteiger partial charge >= 0.3 is 6.09 Å². The van der Waals surface area contributed by atoms with Crippen molar-refractivity contribution in [3.05, 3.63) is 23.8 Å². The van der Waals surface area contributed by atoms with Crippen LogP contribution in [0, 0.1) is 0 Å². The minimum absolute atomic E-state index is 0.0648. The number of amides is 3. The first-order valence-electron chi connectivity index (χ1n) is 6.92. The van der Waals surface area contributed by atoms with E-state index in [1.54, 1.807) is 39.0 Å². The number of alkyl carbamates (subject to hydrolysis) is 1. The third kappa shape index (κ3) is 4.47. The zero-order valence-corrected chi connectivity index (χ0v) is 12.8. The van der Waals surface area contributed by atoms with Crippen molar-refractivity contribution in [1.29, 1.82) is 0 Å². The van der Waals surface area contributed by atoms with Crippen molar-refractivity contribution in [3.8, 4) is 0 Å². The maximum atomic E-state index is 11.8. The van der Waals surface area contributed by atoms with Gasteiger partial charge in [0.15, 0.2) is 0 Å². The molecule has 1 aromatic rings. The molecule has 2 rings (SSSR count). The molecule has 0 spiro atoms. The van der Waals surface area contributed by atoms with Crippen LogP contribution in [0.15, 0.2) is 18.2 Å². The van der Waals surface area contributed by atoms with Crippen molar-refractivity contribution in [2.45, 2.75) is 32.8 Å². The number of fused-ring (bicyclic) bond motifs is 1. The second kappa shape index (κ2) is 6.05. The molecule has 1 aliphatic heterocycles. The molecule has 118 valence electrons. The lowest BCUT2D eigenvalue weighted by Crippen LogP contribution is -2.37. The van der Waals surface area contributed by atoms with E-state index >= 15 is 0 Å². The number of nitrogens with one attached hydrogen (secondary N) is 3. The third-order valence-electron chi connectivity index (χ3n) is 2.81. The normalized spacial score (nSPS) is 13.1. The molecule has 3 N–H and O–H groups in total. The topological polar surface area (TPSA) is 96.5 Å². The smallest absolute Gasteiger partial charge is 0.408 e. The van der Waals surface area contributed by atoms with Gasteiger partial charge in [0.05, 0.1) is 6.42 Å². The zero-order chi connectivity index (χ0) is 16.3. The Balaban J connectivity index is 1.84. The summed E-state index contributed by atoms with van der Waals surface area (Å²) in [5.41, 5.74) is 1.56. The summed E-state index contributed by atoms with van der Waals surface area (Å²) >= 11 is 0. The lowest BCUT2D eigenvalue weighted by Gasteiger charge is -2.19. The van der Waals surface area contributed by atoms with Crippen LogP contribution in [0.3, 0.4) is 0 Å². The predicted molar refractivity (Wildman–Crippen MR) is 81.6 cm³/mol. The highest BCUT2D eigenvalue weighted by Gasteiger charge is 2.19. The molecule has 0 aromatic heterocycles. The molecule has 0 atom stereocenters. The van der Waals surface area contributed by atoms with E-state index in [1.807, 2.05) is 0 Å². The van der Waals surface area contributed by atoms with E-state index in [1.165, 1.54) is 0 Å². The molecule has 0 saturated carbocycles. The first kappa shape index (κ1) is 15.8. The van der Waals surface area contributed by atoms with Crippen LogP contribution >= 0.6 is 0 Å². The molecule has 0 radical (unpaired) electrons. The van der Waals surface area contributed by atoms with Crippen molar-refractivity contribution < 1.29 is 19.1 Å². The molecule has 1 heterocycles. The average molecular weight is 305 g/mol. The molecule has 0 saturated heterocycles. The predicted octanol–water partition coefficient (Wildman–Crippen LogP) is 1.64. The van der Waals surface area contributed by atoms with Crippen molar-refractivity contribution in [3.63, 3.8) is 0 Å². The van der Waals surface area contributed by atoms with Crippen molar-refractivity contribution in [2.24, 2.45) is 0 Å². The Bertz CT molecular complexity index is 620. The maximum absolute atomic E-state index is 11.8. The summed E-state index contributed by atoms with van der Waals surface area (Å²) in [5, 5.41) is 7.75. The summed E-state index contributed by atoms with van der Waals surface area (Å²) in [4.78, 5) is 34.5. The summed E-state index contributed by atoms with van der Waals surface area (Å²) in [7, 11) is 0. The minimum Gasteiger partial charge on any atom is -0.444 e. The van der Waals surface area contributed by atoms with Crippen LogP contribution < -0.4 is 16.0 Å². The fourth-order valence-electron chi connectivity index (χ4n) is 1.98. The fourth-order valence-corrected chi connectivity index (χ4v) is 1.98. The number of rotatable bonds is 3. The number of carbonyl (C=O) groups excluding carboxylic acids is 3. The number of carbonyl (C=O) groups is 3. The number of ether oxygens (including phenoxy) is 1. The molecule has 0 aliphatic carbocycles. The van der Waals surface area contributed by atoms with Gasteiger partial charge in [0.1, 0.15) is 12.1 Å². The Morgan fingerprint density at radius 1 is 1.32 bits per heavy atom. The van der Waals surface area contributed by atoms with Gasteiger partial charge in [0.25, 0.3) is 0 Å². The average Bonchev–Trinajstić information content (AvgIpc) is 2.74. The molecule has 0 bridgehead atoms. The molecular formula is C15H19N3O4. The van der Waals surface area contributed by atoms with Crippen LogP contribution in [0.5, 0.6) is 0 Å². The van der Waals surface area contributed by atoms with Crippen molar-refractivity contribution in [2.75, 3.05) is 17.2 Å². The van der Waals surface area contributed by atoms with Crippen molar-refractivity contribution >= 4 is 29.3 Å². The summed E-state index contributed by atoms with van der Waals surface area (Å²) in [6, 6.07) is 5.16. The van der Waals surface area contributed by atoms with Crippen LogP contribution in [-0.2, 0) is 20.7 Å². The Hall–Kier alpha value is -2.57. The second-order valence-corrected chi connectivity index (χ2v) is 6.00. The van der Waals surface area contributed by atoms with E-state index in [0.29, 0.717) is 12.1 Å². The van der Waals surface area contributed by atoms with Gasteiger partial charge in [-0.25, -0.2) is 4.79 Å². The monoisotopic (exact) mass is 305 g/mol. The zero-order valence-electron chi connectivity index (χ0n) is 12.8. The van der Waals surface area contributed by atoms with Crippen LogP contribution in [0.4, 0.5) is 16.2 Å². The minimum atomic E-state index is -0.647. The SMILES string of the molecule is CC(C)(C)OC(=O)NCC(=O)Nc1ccc2c(c1)CC(=O)N2. The van der Waals surface area contributed by atoms with Gasteiger partial charge in [-0.05, 0) is 44.5 Å². The largest absolute Gasteiger partial charge is 0.444 e.